The molecule has 0 unspecified atom stereocenters. The summed E-state index contributed by atoms with van der Waals surface area (Å²) in [6, 6.07) is 8.03. The lowest BCUT2D eigenvalue weighted by molar-refractivity contribution is 0.0468. The molecule has 0 saturated heterocycles. The number of esters is 1. The van der Waals surface area contributed by atoms with Crippen LogP contribution >= 0.6 is 11.3 Å². The number of hydrogen-bond donors (Lipinski definition) is 0. The summed E-state index contributed by atoms with van der Waals surface area (Å²) in [4.78, 5) is 42.9. The van der Waals surface area contributed by atoms with Gasteiger partial charge < -0.3 is 9.15 Å². The molecule has 148 valence electrons. The number of rotatable bonds is 7. The van der Waals surface area contributed by atoms with Crippen molar-refractivity contribution in [1.82, 2.24) is 9.88 Å². The van der Waals surface area contributed by atoms with Crippen LogP contribution in [0, 0.1) is 0 Å². The highest BCUT2D eigenvalue weighted by atomic mass is 32.1. The first-order valence-corrected chi connectivity index (χ1v) is 10.1. The third-order valence-electron chi connectivity index (χ3n) is 4.58. The lowest BCUT2D eigenvalue weighted by atomic mass is 10.1. The maximum atomic E-state index is 12.5. The Balaban J connectivity index is 1.44. The molecule has 3 heterocycles. The van der Waals surface area contributed by atoms with Crippen molar-refractivity contribution in [3.05, 3.63) is 64.4 Å². The molecule has 0 radical (unpaired) electrons. The third kappa shape index (κ3) is 3.71. The van der Waals surface area contributed by atoms with E-state index in [4.69, 9.17) is 9.15 Å². The summed E-state index contributed by atoms with van der Waals surface area (Å²) in [6.45, 7) is 2.37. The Morgan fingerprint density at radius 1 is 1.21 bits per heavy atom. The number of furan rings is 1. The van der Waals surface area contributed by atoms with Crippen LogP contribution in [0.15, 0.2) is 46.4 Å². The van der Waals surface area contributed by atoms with Crippen LogP contribution < -0.4 is 0 Å². The van der Waals surface area contributed by atoms with Gasteiger partial charge in [-0.15, -0.1) is 11.3 Å². The van der Waals surface area contributed by atoms with E-state index in [2.05, 4.69) is 4.98 Å². The lowest BCUT2D eigenvalue weighted by Crippen LogP contribution is -2.30. The molecule has 0 bridgehead atoms. The molecule has 0 spiro atoms. The van der Waals surface area contributed by atoms with Gasteiger partial charge in [0.15, 0.2) is 10.8 Å². The first kappa shape index (κ1) is 19.1. The van der Waals surface area contributed by atoms with E-state index < -0.39 is 5.97 Å². The van der Waals surface area contributed by atoms with Gasteiger partial charge in [0.2, 0.25) is 0 Å². The van der Waals surface area contributed by atoms with E-state index in [1.54, 1.807) is 23.8 Å². The zero-order valence-electron chi connectivity index (χ0n) is 15.7. The number of benzene rings is 1. The van der Waals surface area contributed by atoms with Crippen LogP contribution in [0.1, 0.15) is 56.5 Å². The predicted octanol–water partition coefficient (Wildman–Crippen LogP) is 4.16. The number of thiazole rings is 1. The molecule has 0 aliphatic carbocycles. The van der Waals surface area contributed by atoms with Gasteiger partial charge in [-0.1, -0.05) is 13.3 Å². The number of carbonyl (C=O) groups is 3. The maximum absolute atomic E-state index is 12.5. The van der Waals surface area contributed by atoms with E-state index >= 15 is 0 Å². The fourth-order valence-electron chi connectivity index (χ4n) is 3.05. The van der Waals surface area contributed by atoms with Gasteiger partial charge in [0.25, 0.3) is 11.8 Å². The van der Waals surface area contributed by atoms with Crippen LogP contribution in [-0.4, -0.2) is 34.2 Å². The van der Waals surface area contributed by atoms with Crippen molar-refractivity contribution in [1.29, 1.82) is 0 Å². The van der Waals surface area contributed by atoms with Crippen LogP contribution in [0.3, 0.4) is 0 Å². The molecule has 8 heteroatoms. The third-order valence-corrected chi connectivity index (χ3v) is 5.48. The van der Waals surface area contributed by atoms with E-state index in [9.17, 15) is 14.4 Å². The summed E-state index contributed by atoms with van der Waals surface area (Å²) in [5.41, 5.74) is 1.40. The maximum Gasteiger partial charge on any atom is 0.338 e. The molecule has 0 N–H and O–H groups in total. The Morgan fingerprint density at radius 2 is 2.03 bits per heavy atom. The first-order valence-electron chi connectivity index (χ1n) is 9.24. The minimum Gasteiger partial charge on any atom is -0.462 e. The SMILES string of the molecule is CCCCN1C(=O)c2ccc(C(=O)OCc3csc(-c4ccco4)n3)cc2C1=O. The number of amides is 2. The number of hydrogen-bond acceptors (Lipinski definition) is 7. The Labute approximate surface area is 170 Å². The number of fused-ring (bicyclic) bond motifs is 1. The average Bonchev–Trinajstić information content (AvgIpc) is 3.46. The molecule has 1 aliphatic heterocycles. The zero-order chi connectivity index (χ0) is 20.4. The van der Waals surface area contributed by atoms with Crippen molar-refractivity contribution in [2.24, 2.45) is 0 Å². The van der Waals surface area contributed by atoms with E-state index in [-0.39, 0.29) is 29.5 Å². The number of aromatic nitrogens is 1. The fraction of sp³-hybridized carbons (Fsp3) is 0.238. The lowest BCUT2D eigenvalue weighted by Gasteiger charge is -2.12. The first-order chi connectivity index (χ1) is 14.1. The molecule has 29 heavy (non-hydrogen) atoms. The number of nitrogens with zero attached hydrogens (tertiary/aromatic N) is 2. The molecule has 0 fully saturated rings. The van der Waals surface area contributed by atoms with Crippen LogP contribution in [0.4, 0.5) is 0 Å². The van der Waals surface area contributed by atoms with Gasteiger partial charge in [-0.2, -0.15) is 0 Å². The zero-order valence-corrected chi connectivity index (χ0v) is 16.5. The summed E-state index contributed by atoms with van der Waals surface area (Å²) < 4.78 is 10.6. The smallest absolute Gasteiger partial charge is 0.338 e. The number of ether oxygens (including phenoxy) is 1. The molecule has 0 saturated carbocycles. The van der Waals surface area contributed by atoms with E-state index in [1.165, 1.54) is 34.4 Å². The Morgan fingerprint density at radius 3 is 2.79 bits per heavy atom. The van der Waals surface area contributed by atoms with Gasteiger partial charge in [-0.3, -0.25) is 14.5 Å². The second-order valence-electron chi connectivity index (χ2n) is 6.57. The normalized spacial score (nSPS) is 13.1. The van der Waals surface area contributed by atoms with Crippen molar-refractivity contribution in [3.8, 4) is 10.8 Å². The molecule has 7 nitrogen and oxygen atoms in total. The fourth-order valence-corrected chi connectivity index (χ4v) is 3.82. The highest BCUT2D eigenvalue weighted by Gasteiger charge is 2.35. The average molecular weight is 410 g/mol. The van der Waals surface area contributed by atoms with Gasteiger partial charge >= 0.3 is 5.97 Å². The quantitative estimate of drug-likeness (QED) is 0.429. The second kappa shape index (κ2) is 8.00. The minimum absolute atomic E-state index is 0.00261. The summed E-state index contributed by atoms with van der Waals surface area (Å²) >= 11 is 1.39. The number of carbonyl (C=O) groups excluding carboxylic acids is 3. The summed E-state index contributed by atoms with van der Waals surface area (Å²) in [5, 5.41) is 2.50. The number of unbranched alkanes of at least 4 members (excludes halogenated alkanes) is 1. The standard InChI is InChI=1S/C21H18N2O5S/c1-2-3-8-23-19(24)15-7-6-13(10-16(15)20(23)25)21(26)28-11-14-12-29-18(22-14)17-5-4-9-27-17/h4-7,9-10,12H,2-3,8,11H2,1H3. The molecule has 2 amide bonds. The van der Waals surface area contributed by atoms with Gasteiger partial charge in [0, 0.05) is 11.9 Å². The van der Waals surface area contributed by atoms with E-state index in [0.29, 0.717) is 28.6 Å². The number of imide groups is 1. The van der Waals surface area contributed by atoms with E-state index in [1.807, 2.05) is 6.92 Å². The van der Waals surface area contributed by atoms with Crippen LogP contribution in [-0.2, 0) is 11.3 Å². The highest BCUT2D eigenvalue weighted by Crippen LogP contribution is 2.26. The van der Waals surface area contributed by atoms with Crippen LogP contribution in [0.5, 0.6) is 0 Å². The minimum atomic E-state index is -0.576. The Bertz CT molecular complexity index is 1070. The topological polar surface area (TPSA) is 89.7 Å². The molecule has 2 aromatic heterocycles. The largest absolute Gasteiger partial charge is 0.462 e. The van der Waals surface area contributed by atoms with Gasteiger partial charge in [-0.25, -0.2) is 9.78 Å². The summed E-state index contributed by atoms with van der Waals surface area (Å²) in [5.74, 6) is -0.600. The van der Waals surface area contributed by atoms with Crippen LogP contribution in [0.2, 0.25) is 0 Å². The second-order valence-corrected chi connectivity index (χ2v) is 7.43. The van der Waals surface area contributed by atoms with Gasteiger partial charge in [-0.05, 0) is 36.8 Å². The summed E-state index contributed by atoms with van der Waals surface area (Å²) in [6.07, 6.45) is 3.19. The van der Waals surface area contributed by atoms with Crippen molar-refractivity contribution in [2.45, 2.75) is 26.4 Å². The van der Waals surface area contributed by atoms with Crippen LogP contribution in [0.25, 0.3) is 10.8 Å². The monoisotopic (exact) mass is 410 g/mol. The molecule has 0 atom stereocenters. The molecule has 1 aliphatic rings. The van der Waals surface area contributed by atoms with E-state index in [0.717, 1.165) is 12.8 Å². The molecule has 4 rings (SSSR count). The van der Waals surface area contributed by atoms with Gasteiger partial charge in [0.05, 0.1) is 28.6 Å². The van der Waals surface area contributed by atoms with Gasteiger partial charge in [0.1, 0.15) is 6.61 Å². The molecule has 1 aromatic carbocycles. The Kier molecular flexibility index (Phi) is 5.26. The summed E-state index contributed by atoms with van der Waals surface area (Å²) in [7, 11) is 0. The predicted molar refractivity (Wildman–Crippen MR) is 106 cm³/mol. The van der Waals surface area contributed by atoms with Crippen molar-refractivity contribution < 1.29 is 23.5 Å². The highest BCUT2D eigenvalue weighted by molar-refractivity contribution is 7.13. The molecular weight excluding hydrogens is 392 g/mol. The van der Waals surface area contributed by atoms with Crippen molar-refractivity contribution >= 4 is 29.1 Å². The molecule has 3 aromatic rings. The Hall–Kier alpha value is -3.26. The molecular formula is C21H18N2O5S. The van der Waals surface area contributed by atoms with Crippen molar-refractivity contribution in [3.63, 3.8) is 0 Å². The van der Waals surface area contributed by atoms with Crippen molar-refractivity contribution in [2.75, 3.05) is 6.54 Å².